The third kappa shape index (κ3) is 4.54. The predicted octanol–water partition coefficient (Wildman–Crippen LogP) is 5.17. The van der Waals surface area contributed by atoms with E-state index >= 15 is 0 Å². The Morgan fingerprint density at radius 1 is 1.00 bits per heavy atom. The summed E-state index contributed by atoms with van der Waals surface area (Å²) in [5.74, 6) is -0.382. The van der Waals surface area contributed by atoms with E-state index in [-0.39, 0.29) is 17.6 Å². The Morgan fingerprint density at radius 2 is 1.62 bits per heavy atom. The first-order valence-electron chi connectivity index (χ1n) is 10.9. The molecule has 1 heterocycles. The van der Waals surface area contributed by atoms with Crippen LogP contribution in [0.3, 0.4) is 0 Å². The highest BCUT2D eigenvalue weighted by Crippen LogP contribution is 2.44. The molecule has 2 N–H and O–H groups in total. The Kier molecular flexibility index (Phi) is 6.70. The number of nitrogens with zero attached hydrogens (tertiary/aromatic N) is 2. The van der Waals surface area contributed by atoms with E-state index in [1.807, 2.05) is 0 Å². The lowest BCUT2D eigenvalue weighted by Crippen LogP contribution is -2.31. The Morgan fingerprint density at radius 3 is 2.21 bits per heavy atom. The molecule has 3 atom stereocenters. The number of hydrogen-bond acceptors (Lipinski definition) is 4. The summed E-state index contributed by atoms with van der Waals surface area (Å²) in [6, 6.07) is 14.8. The van der Waals surface area contributed by atoms with E-state index in [4.69, 9.17) is 4.74 Å². The molecule has 3 aromatic rings. The van der Waals surface area contributed by atoms with Crippen LogP contribution in [0.2, 0.25) is 0 Å². The second-order valence-electron chi connectivity index (χ2n) is 8.32. The molecule has 1 aliphatic heterocycles. The molecule has 0 aromatic heterocycles. The molecule has 178 valence electrons. The molecule has 0 bridgehead atoms. The number of benzene rings is 3. The van der Waals surface area contributed by atoms with Gasteiger partial charge in [-0.1, -0.05) is 12.1 Å². The molecule has 3 aromatic carbocycles. The fraction of sp³-hybridized carbons (Fsp3) is 0.269. The van der Waals surface area contributed by atoms with E-state index < -0.39 is 24.0 Å². The van der Waals surface area contributed by atoms with Gasteiger partial charge < -0.3 is 19.8 Å². The van der Waals surface area contributed by atoms with Crippen molar-refractivity contribution in [2.24, 2.45) is 0 Å². The van der Waals surface area contributed by atoms with Gasteiger partial charge in [-0.15, -0.1) is 0 Å². The number of aromatic hydroxyl groups is 1. The summed E-state index contributed by atoms with van der Waals surface area (Å²) in [7, 11) is 3.15. The highest BCUT2D eigenvalue weighted by atomic mass is 19.1. The van der Waals surface area contributed by atoms with Crippen LogP contribution < -0.4 is 9.64 Å². The number of carbonyl (C=O) groups excluding carboxylic acids is 1. The van der Waals surface area contributed by atoms with Crippen molar-refractivity contribution in [2.45, 2.75) is 31.0 Å². The quantitative estimate of drug-likeness (QED) is 0.502. The minimum Gasteiger partial charge on any atom is -0.507 e. The number of aliphatic hydroxyl groups excluding tert-OH is 1. The minimum absolute atomic E-state index is 0.0383. The van der Waals surface area contributed by atoms with Crippen LogP contribution in [0.15, 0.2) is 66.7 Å². The molecule has 1 fully saturated rings. The molecular weight excluding hydrogens is 442 g/mol. The zero-order chi connectivity index (χ0) is 24.4. The zero-order valence-corrected chi connectivity index (χ0v) is 18.9. The van der Waals surface area contributed by atoms with Crippen LogP contribution in [0.4, 0.5) is 19.3 Å². The molecule has 1 saturated heterocycles. The van der Waals surface area contributed by atoms with Crippen LogP contribution in [0, 0.1) is 11.6 Å². The molecule has 0 unspecified atom stereocenters. The van der Waals surface area contributed by atoms with E-state index in [1.165, 1.54) is 66.6 Å². The van der Waals surface area contributed by atoms with E-state index in [2.05, 4.69) is 0 Å². The zero-order valence-electron chi connectivity index (χ0n) is 18.9. The molecule has 6 nitrogen and oxygen atoms in total. The lowest BCUT2D eigenvalue weighted by atomic mass is 9.92. The van der Waals surface area contributed by atoms with Crippen LogP contribution >= 0.6 is 0 Å². The molecule has 0 radical (unpaired) electrons. The SMILES string of the molecule is COc1ccc([C@@H]2[C@H](CC[C@H](O)c3ccc(F)cc3)N(C)C(=O)N2c2ccc(F)cc2)c(O)c1. The van der Waals surface area contributed by atoms with Gasteiger partial charge in [-0.25, -0.2) is 13.6 Å². The number of urea groups is 1. The van der Waals surface area contributed by atoms with Crippen LogP contribution in [-0.4, -0.2) is 41.3 Å². The van der Waals surface area contributed by atoms with Crippen molar-refractivity contribution < 1.29 is 28.5 Å². The fourth-order valence-electron chi connectivity index (χ4n) is 4.47. The van der Waals surface area contributed by atoms with Crippen LogP contribution in [-0.2, 0) is 0 Å². The molecule has 0 aliphatic carbocycles. The number of hydrogen-bond donors (Lipinski definition) is 2. The summed E-state index contributed by atoms with van der Waals surface area (Å²) in [6.07, 6.45) is -0.151. The van der Waals surface area contributed by atoms with Gasteiger partial charge in [-0.3, -0.25) is 4.90 Å². The van der Waals surface area contributed by atoms with Crippen LogP contribution in [0.5, 0.6) is 11.5 Å². The Balaban J connectivity index is 1.68. The van der Waals surface area contributed by atoms with Gasteiger partial charge in [0.25, 0.3) is 0 Å². The number of amides is 2. The van der Waals surface area contributed by atoms with Gasteiger partial charge in [0.05, 0.1) is 25.3 Å². The first-order valence-corrected chi connectivity index (χ1v) is 10.9. The first-order chi connectivity index (χ1) is 16.3. The summed E-state index contributed by atoms with van der Waals surface area (Å²) in [5, 5.41) is 21.5. The summed E-state index contributed by atoms with van der Waals surface area (Å²) >= 11 is 0. The number of ether oxygens (including phenoxy) is 1. The number of methoxy groups -OCH3 is 1. The van der Waals surface area contributed by atoms with E-state index in [1.54, 1.807) is 24.1 Å². The maximum Gasteiger partial charge on any atom is 0.325 e. The standard InChI is InChI=1S/C26H26F2N2O4/c1-29-22(13-14-23(31)16-3-5-17(27)6-4-16)25(21-12-11-20(34-2)15-24(21)32)30(26(29)33)19-9-7-18(28)8-10-19/h3-12,15,22-23,25,31-32H,13-14H2,1-2H3/t22-,23-,25+/m0/s1. The van der Waals surface area contributed by atoms with Gasteiger partial charge >= 0.3 is 6.03 Å². The molecule has 4 rings (SSSR count). The summed E-state index contributed by atoms with van der Waals surface area (Å²) in [6.45, 7) is 0. The maximum atomic E-state index is 13.6. The number of halogens is 2. The number of aliphatic hydroxyl groups is 1. The highest BCUT2D eigenvalue weighted by molar-refractivity contribution is 5.96. The second-order valence-corrected chi connectivity index (χ2v) is 8.32. The molecule has 0 saturated carbocycles. The van der Waals surface area contributed by atoms with Crippen molar-refractivity contribution in [3.8, 4) is 11.5 Å². The third-order valence-corrected chi connectivity index (χ3v) is 6.30. The number of phenols is 1. The van der Waals surface area contributed by atoms with Crippen molar-refractivity contribution in [3.63, 3.8) is 0 Å². The summed E-state index contributed by atoms with van der Waals surface area (Å²) < 4.78 is 32.0. The fourth-order valence-corrected chi connectivity index (χ4v) is 4.47. The van der Waals surface area contributed by atoms with Crippen molar-refractivity contribution in [1.29, 1.82) is 0 Å². The number of anilines is 1. The molecule has 2 amide bonds. The van der Waals surface area contributed by atoms with Gasteiger partial charge in [0, 0.05) is 24.4 Å². The van der Waals surface area contributed by atoms with E-state index in [0.717, 1.165) is 0 Å². The second kappa shape index (κ2) is 9.69. The lowest BCUT2D eigenvalue weighted by Gasteiger charge is -2.29. The molecule has 34 heavy (non-hydrogen) atoms. The average Bonchev–Trinajstić information content (AvgIpc) is 3.08. The number of likely N-dealkylation sites (N-methyl/N-ethyl adjacent to an activating group) is 1. The minimum atomic E-state index is -0.853. The monoisotopic (exact) mass is 468 g/mol. The van der Waals surface area contributed by atoms with E-state index in [0.29, 0.717) is 35.4 Å². The number of phenolic OH excluding ortho intramolecular Hbond substituents is 1. The third-order valence-electron chi connectivity index (χ3n) is 6.30. The Labute approximate surface area is 196 Å². The number of carbonyl (C=O) groups is 1. The lowest BCUT2D eigenvalue weighted by molar-refractivity contribution is 0.148. The van der Waals surface area contributed by atoms with Crippen molar-refractivity contribution in [3.05, 3.63) is 89.5 Å². The van der Waals surface area contributed by atoms with Gasteiger partial charge in [-0.2, -0.15) is 0 Å². The maximum absolute atomic E-state index is 13.6. The highest BCUT2D eigenvalue weighted by Gasteiger charge is 2.46. The summed E-state index contributed by atoms with van der Waals surface area (Å²) in [5.41, 5.74) is 1.57. The number of rotatable bonds is 7. The average molecular weight is 469 g/mol. The summed E-state index contributed by atoms with van der Waals surface area (Å²) in [4.78, 5) is 16.4. The van der Waals surface area contributed by atoms with Crippen molar-refractivity contribution in [1.82, 2.24) is 4.90 Å². The molecule has 8 heteroatoms. The molecule has 1 aliphatic rings. The van der Waals surface area contributed by atoms with E-state index in [9.17, 15) is 23.8 Å². The smallest absolute Gasteiger partial charge is 0.325 e. The predicted molar refractivity (Wildman–Crippen MR) is 124 cm³/mol. The molecule has 0 spiro atoms. The van der Waals surface area contributed by atoms with Gasteiger partial charge in [0.15, 0.2) is 0 Å². The Bertz CT molecular complexity index is 1150. The van der Waals surface area contributed by atoms with Gasteiger partial charge in [-0.05, 0) is 66.9 Å². The largest absolute Gasteiger partial charge is 0.507 e. The van der Waals surface area contributed by atoms with Gasteiger partial charge in [0.2, 0.25) is 0 Å². The molecular formula is C26H26F2N2O4. The van der Waals surface area contributed by atoms with Crippen molar-refractivity contribution >= 4 is 11.7 Å². The Hall–Kier alpha value is -3.65. The van der Waals surface area contributed by atoms with Crippen LogP contribution in [0.25, 0.3) is 0 Å². The topological polar surface area (TPSA) is 73.2 Å². The van der Waals surface area contributed by atoms with Crippen molar-refractivity contribution in [2.75, 3.05) is 19.1 Å². The van der Waals surface area contributed by atoms with Crippen LogP contribution in [0.1, 0.15) is 36.1 Å². The van der Waals surface area contributed by atoms with Gasteiger partial charge in [0.1, 0.15) is 23.1 Å². The first kappa shape index (κ1) is 23.5. The normalized spacial score (nSPS) is 18.9.